The molecule has 0 unspecified atom stereocenters. The van der Waals surface area contributed by atoms with Crippen LogP contribution in [0.1, 0.15) is 11.4 Å². The molecular weight excluding hydrogens is 255 g/mol. The van der Waals surface area contributed by atoms with Gasteiger partial charge in [0.05, 0.1) is 12.4 Å². The van der Waals surface area contributed by atoms with E-state index in [9.17, 15) is 18.0 Å². The van der Waals surface area contributed by atoms with E-state index in [0.29, 0.717) is 4.68 Å². The minimum atomic E-state index is -4.94. The number of hydrogen-bond acceptors (Lipinski definition) is 6. The van der Waals surface area contributed by atoms with E-state index in [1.807, 2.05) is 0 Å². The molecule has 8 nitrogen and oxygen atoms in total. The molecule has 18 heavy (non-hydrogen) atoms. The molecular formula is C7H2F3N7O. The van der Waals surface area contributed by atoms with Gasteiger partial charge in [-0.05, 0) is 0 Å². The van der Waals surface area contributed by atoms with Crippen molar-refractivity contribution < 1.29 is 18.0 Å². The lowest BCUT2D eigenvalue weighted by molar-refractivity contribution is -0.143. The molecule has 11 heteroatoms. The van der Waals surface area contributed by atoms with Gasteiger partial charge < -0.3 is 0 Å². The Labute approximate surface area is 96.2 Å². The van der Waals surface area contributed by atoms with Crippen molar-refractivity contribution in [2.24, 2.45) is 0 Å². The molecule has 0 N–H and O–H groups in total. The maximum atomic E-state index is 12.7. The number of nitriles is 1. The molecule has 0 radical (unpaired) electrons. The Morgan fingerprint density at radius 3 is 2.61 bits per heavy atom. The number of hydrogen-bond donors (Lipinski definition) is 0. The highest BCUT2D eigenvalue weighted by molar-refractivity contribution is 5.78. The van der Waals surface area contributed by atoms with Crippen LogP contribution < -0.4 is 0 Å². The minimum absolute atomic E-state index is 0.0484. The average molecular weight is 257 g/mol. The summed E-state index contributed by atoms with van der Waals surface area (Å²) in [5.74, 6) is 0. The van der Waals surface area contributed by atoms with Crippen LogP contribution in [0.25, 0.3) is 0 Å². The van der Waals surface area contributed by atoms with Crippen LogP contribution in [-0.4, -0.2) is 36.0 Å². The van der Waals surface area contributed by atoms with Crippen molar-refractivity contribution in [1.82, 2.24) is 30.0 Å². The van der Waals surface area contributed by atoms with E-state index in [-0.39, 0.29) is 4.68 Å². The lowest BCUT2D eigenvalue weighted by atomic mass is 10.3. The summed E-state index contributed by atoms with van der Waals surface area (Å²) < 4.78 is 38.5. The van der Waals surface area contributed by atoms with Gasteiger partial charge in [0.25, 0.3) is 0 Å². The van der Waals surface area contributed by atoms with E-state index in [2.05, 4.69) is 20.6 Å². The summed E-state index contributed by atoms with van der Waals surface area (Å²) in [6.07, 6.45) is -2.80. The highest BCUT2D eigenvalue weighted by atomic mass is 19.4. The molecule has 2 rings (SSSR count). The Bertz CT molecular complexity index is 620. The molecule has 0 aliphatic heterocycles. The normalized spacial score (nSPS) is 11.2. The Kier molecular flexibility index (Phi) is 2.55. The van der Waals surface area contributed by atoms with Crippen molar-refractivity contribution in [3.63, 3.8) is 0 Å². The largest absolute Gasteiger partial charge is 0.436 e. The number of halogens is 3. The highest BCUT2D eigenvalue weighted by Gasteiger charge is 2.41. The molecule has 0 atom stereocenters. The summed E-state index contributed by atoms with van der Waals surface area (Å²) in [5.41, 5.74) is -2.54. The average Bonchev–Trinajstić information content (AvgIpc) is 2.96. The Balaban J connectivity index is 2.57. The fourth-order valence-corrected chi connectivity index (χ4v) is 1.15. The van der Waals surface area contributed by atoms with Crippen LogP contribution in [0, 0.1) is 11.3 Å². The molecule has 0 saturated heterocycles. The van der Waals surface area contributed by atoms with E-state index < -0.39 is 23.6 Å². The predicted molar refractivity (Wildman–Crippen MR) is 46.0 cm³/mol. The maximum absolute atomic E-state index is 12.7. The van der Waals surface area contributed by atoms with Gasteiger partial charge in [-0.2, -0.15) is 27.8 Å². The number of rotatable bonds is 0. The first-order valence-corrected chi connectivity index (χ1v) is 4.29. The van der Waals surface area contributed by atoms with Crippen LogP contribution in [0.4, 0.5) is 18.0 Å². The third-order valence-corrected chi connectivity index (χ3v) is 1.84. The van der Waals surface area contributed by atoms with Crippen molar-refractivity contribution in [2.45, 2.75) is 6.18 Å². The van der Waals surface area contributed by atoms with Gasteiger partial charge in [-0.1, -0.05) is 10.4 Å². The first-order chi connectivity index (χ1) is 8.45. The van der Waals surface area contributed by atoms with Gasteiger partial charge in [-0.25, -0.2) is 4.79 Å². The third-order valence-electron chi connectivity index (χ3n) is 1.84. The summed E-state index contributed by atoms with van der Waals surface area (Å²) in [6, 6.07) is -0.0311. The molecule has 2 aromatic heterocycles. The van der Waals surface area contributed by atoms with Crippen LogP contribution in [0.2, 0.25) is 0 Å². The summed E-state index contributed by atoms with van der Waals surface area (Å²) in [6.45, 7) is 0. The molecule has 2 heterocycles. The SMILES string of the molecule is N#Cc1nnn(C(=O)n2ccnn2)c1C(F)(F)F. The molecule has 0 fully saturated rings. The molecule has 0 aliphatic carbocycles. The second-order valence-electron chi connectivity index (χ2n) is 2.94. The number of alkyl halides is 3. The topological polar surface area (TPSA) is 102 Å². The fraction of sp³-hybridized carbons (Fsp3) is 0.143. The first kappa shape index (κ1) is 11.7. The number of carbonyl (C=O) groups is 1. The molecule has 0 aromatic carbocycles. The predicted octanol–water partition coefficient (Wildman–Crippen LogP) is 0.276. The van der Waals surface area contributed by atoms with E-state index in [1.165, 1.54) is 6.07 Å². The Morgan fingerprint density at radius 1 is 1.39 bits per heavy atom. The number of nitrogens with zero attached hydrogens (tertiary/aromatic N) is 7. The molecule has 0 saturated carbocycles. The van der Waals surface area contributed by atoms with E-state index in [0.717, 1.165) is 12.4 Å². The van der Waals surface area contributed by atoms with Crippen LogP contribution in [0.3, 0.4) is 0 Å². The summed E-state index contributed by atoms with van der Waals surface area (Å²) in [4.78, 5) is 11.6. The molecule has 0 spiro atoms. The first-order valence-electron chi connectivity index (χ1n) is 4.29. The zero-order valence-electron chi connectivity index (χ0n) is 8.33. The van der Waals surface area contributed by atoms with Crippen molar-refractivity contribution in [3.8, 4) is 6.07 Å². The van der Waals surface area contributed by atoms with Crippen molar-refractivity contribution in [3.05, 3.63) is 23.8 Å². The molecule has 92 valence electrons. The summed E-state index contributed by atoms with van der Waals surface area (Å²) >= 11 is 0. The second-order valence-corrected chi connectivity index (χ2v) is 2.94. The van der Waals surface area contributed by atoms with E-state index in [4.69, 9.17) is 5.26 Å². The van der Waals surface area contributed by atoms with Gasteiger partial charge in [-0.3, -0.25) is 0 Å². The third kappa shape index (κ3) is 1.79. The molecule has 0 bridgehead atoms. The number of aromatic nitrogens is 6. The Morgan fingerprint density at radius 2 is 2.11 bits per heavy atom. The lowest BCUT2D eigenvalue weighted by Gasteiger charge is -2.07. The van der Waals surface area contributed by atoms with Crippen LogP contribution in [0.15, 0.2) is 12.4 Å². The minimum Gasteiger partial charge on any atom is -0.243 e. The van der Waals surface area contributed by atoms with Crippen LogP contribution >= 0.6 is 0 Å². The smallest absolute Gasteiger partial charge is 0.243 e. The summed E-state index contributed by atoms with van der Waals surface area (Å²) in [7, 11) is 0. The van der Waals surface area contributed by atoms with Crippen molar-refractivity contribution >= 4 is 6.03 Å². The Hall–Kier alpha value is -2.77. The molecule has 2 aromatic rings. The van der Waals surface area contributed by atoms with Crippen molar-refractivity contribution in [2.75, 3.05) is 0 Å². The van der Waals surface area contributed by atoms with Crippen molar-refractivity contribution in [1.29, 1.82) is 5.26 Å². The fourth-order valence-electron chi connectivity index (χ4n) is 1.15. The van der Waals surface area contributed by atoms with Gasteiger partial charge in [0.2, 0.25) is 0 Å². The van der Waals surface area contributed by atoms with Gasteiger partial charge in [0.15, 0.2) is 11.4 Å². The van der Waals surface area contributed by atoms with Crippen LogP contribution in [-0.2, 0) is 6.18 Å². The highest BCUT2D eigenvalue weighted by Crippen LogP contribution is 2.30. The van der Waals surface area contributed by atoms with Crippen LogP contribution in [0.5, 0.6) is 0 Å². The second kappa shape index (κ2) is 3.91. The van der Waals surface area contributed by atoms with Gasteiger partial charge >= 0.3 is 12.2 Å². The summed E-state index contributed by atoms with van der Waals surface area (Å²) in [5, 5.41) is 21.0. The maximum Gasteiger partial charge on any atom is 0.436 e. The lowest BCUT2D eigenvalue weighted by Crippen LogP contribution is -2.27. The van der Waals surface area contributed by atoms with Gasteiger partial charge in [0, 0.05) is 0 Å². The molecule has 0 amide bonds. The zero-order chi connectivity index (χ0) is 13.3. The quantitative estimate of drug-likeness (QED) is 0.671. The standard InChI is InChI=1S/C7H2F3N7O/c8-7(9,10)5-4(3-11)13-15-17(5)6(18)16-2-1-12-14-16/h1-2H. The number of carbonyl (C=O) groups excluding carboxylic acids is 1. The monoisotopic (exact) mass is 257 g/mol. The molecule has 0 aliphatic rings. The van der Waals surface area contributed by atoms with E-state index >= 15 is 0 Å². The zero-order valence-corrected chi connectivity index (χ0v) is 8.33. The van der Waals surface area contributed by atoms with Gasteiger partial charge in [0.1, 0.15) is 6.07 Å². The van der Waals surface area contributed by atoms with Gasteiger partial charge in [-0.15, -0.1) is 10.2 Å². The van der Waals surface area contributed by atoms with E-state index in [1.54, 1.807) is 0 Å².